The van der Waals surface area contributed by atoms with Crippen LogP contribution in [0.25, 0.3) is 0 Å². The number of hydrogen-bond acceptors (Lipinski definition) is 2. The highest BCUT2D eigenvalue weighted by atomic mass is 32.1. The van der Waals surface area contributed by atoms with Gasteiger partial charge < -0.3 is 15.4 Å². The van der Waals surface area contributed by atoms with Crippen molar-refractivity contribution in [2.75, 3.05) is 5.32 Å². The second-order valence-electron chi connectivity index (χ2n) is 5.56. The normalized spacial score (nSPS) is 11.9. The summed E-state index contributed by atoms with van der Waals surface area (Å²) in [6.07, 6.45) is 0.146. The monoisotopic (exact) mass is 332 g/mol. The van der Waals surface area contributed by atoms with Gasteiger partial charge in [-0.25, -0.2) is 4.39 Å². The molecule has 0 saturated heterocycles. The third kappa shape index (κ3) is 5.53. The lowest BCUT2D eigenvalue weighted by Gasteiger charge is -2.17. The summed E-state index contributed by atoms with van der Waals surface area (Å²) in [4.78, 5) is 0. The van der Waals surface area contributed by atoms with Crippen LogP contribution in [0.4, 0.5) is 10.1 Å². The molecule has 0 aromatic heterocycles. The number of thiocarbonyl (C=S) groups is 1. The van der Waals surface area contributed by atoms with Gasteiger partial charge in [-0.2, -0.15) is 0 Å². The predicted octanol–water partition coefficient (Wildman–Crippen LogP) is 4.66. The van der Waals surface area contributed by atoms with Crippen LogP contribution in [0.15, 0.2) is 48.5 Å². The van der Waals surface area contributed by atoms with E-state index in [1.165, 1.54) is 12.1 Å². The Morgan fingerprint density at radius 1 is 1.00 bits per heavy atom. The molecule has 2 aromatic rings. The first-order valence-corrected chi connectivity index (χ1v) is 7.94. The first-order valence-electron chi connectivity index (χ1n) is 7.54. The molecule has 0 spiro atoms. The molecule has 0 fully saturated rings. The molecule has 0 bridgehead atoms. The summed E-state index contributed by atoms with van der Waals surface area (Å²) in [5.74, 6) is 0.578. The average molecular weight is 332 g/mol. The lowest BCUT2D eigenvalue weighted by Crippen LogP contribution is -2.30. The molecular weight excluding hydrogens is 311 g/mol. The van der Waals surface area contributed by atoms with Crippen LogP contribution < -0.4 is 15.4 Å². The molecule has 2 rings (SSSR count). The van der Waals surface area contributed by atoms with Gasteiger partial charge in [-0.15, -0.1) is 0 Å². The molecule has 2 N–H and O–H groups in total. The van der Waals surface area contributed by atoms with Crippen LogP contribution in [0.1, 0.15) is 32.4 Å². The highest BCUT2D eigenvalue weighted by molar-refractivity contribution is 7.80. The Hall–Kier alpha value is -2.14. The molecular formula is C18H21FN2OS. The fourth-order valence-corrected chi connectivity index (χ4v) is 2.38. The van der Waals surface area contributed by atoms with Gasteiger partial charge in [-0.1, -0.05) is 12.1 Å². The molecule has 3 nitrogen and oxygen atoms in total. The van der Waals surface area contributed by atoms with E-state index in [1.54, 1.807) is 12.1 Å². The number of benzene rings is 2. The maximum absolute atomic E-state index is 12.9. The van der Waals surface area contributed by atoms with Crippen molar-refractivity contribution < 1.29 is 9.13 Å². The molecule has 0 aliphatic rings. The zero-order valence-electron chi connectivity index (χ0n) is 13.5. The predicted molar refractivity (Wildman–Crippen MR) is 96.4 cm³/mol. The van der Waals surface area contributed by atoms with Crippen LogP contribution >= 0.6 is 12.2 Å². The van der Waals surface area contributed by atoms with E-state index in [9.17, 15) is 4.39 Å². The van der Waals surface area contributed by atoms with Crippen LogP contribution in [0.2, 0.25) is 0 Å². The molecule has 5 heteroatoms. The van der Waals surface area contributed by atoms with Crippen LogP contribution in [0, 0.1) is 5.82 Å². The minimum Gasteiger partial charge on any atom is -0.491 e. The van der Waals surface area contributed by atoms with E-state index in [0.717, 1.165) is 17.0 Å². The molecule has 0 unspecified atom stereocenters. The van der Waals surface area contributed by atoms with Crippen LogP contribution in [-0.4, -0.2) is 11.2 Å². The summed E-state index contributed by atoms with van der Waals surface area (Å²) < 4.78 is 18.5. The molecule has 122 valence electrons. The van der Waals surface area contributed by atoms with Gasteiger partial charge in [0.1, 0.15) is 11.6 Å². The Morgan fingerprint density at radius 3 is 2.17 bits per heavy atom. The molecule has 0 aliphatic carbocycles. The Morgan fingerprint density at radius 2 is 1.61 bits per heavy atom. The first-order chi connectivity index (χ1) is 10.9. The van der Waals surface area contributed by atoms with Gasteiger partial charge in [0.2, 0.25) is 0 Å². The molecule has 1 atom stereocenters. The second-order valence-corrected chi connectivity index (χ2v) is 5.97. The van der Waals surface area contributed by atoms with Gasteiger partial charge in [0.25, 0.3) is 0 Å². The van der Waals surface area contributed by atoms with Crippen molar-refractivity contribution in [3.05, 3.63) is 59.9 Å². The minimum absolute atomic E-state index is 0.0147. The number of anilines is 1. The number of hydrogen-bond donors (Lipinski definition) is 2. The van der Waals surface area contributed by atoms with E-state index in [4.69, 9.17) is 17.0 Å². The Kier molecular flexibility index (Phi) is 5.93. The summed E-state index contributed by atoms with van der Waals surface area (Å²) in [7, 11) is 0. The molecule has 0 saturated carbocycles. The lowest BCUT2D eigenvalue weighted by molar-refractivity contribution is 0.242. The van der Waals surface area contributed by atoms with Gasteiger partial charge in [0.05, 0.1) is 12.1 Å². The van der Waals surface area contributed by atoms with Crippen molar-refractivity contribution in [1.29, 1.82) is 0 Å². The quantitative estimate of drug-likeness (QED) is 0.780. The fraction of sp³-hybridized carbons (Fsp3) is 0.278. The van der Waals surface area contributed by atoms with Crippen molar-refractivity contribution in [2.45, 2.75) is 32.9 Å². The standard InChI is InChI=1S/C18H21FN2OS/c1-12(2)22-17-10-8-16(9-11-17)21-18(23)20-13(3)14-4-6-15(19)7-5-14/h4-13H,1-3H3,(H2,20,21,23)/t13-/m0/s1. The Balaban J connectivity index is 1.90. The van der Waals surface area contributed by atoms with Gasteiger partial charge >= 0.3 is 0 Å². The van der Waals surface area contributed by atoms with Gasteiger partial charge in [-0.3, -0.25) is 0 Å². The third-order valence-corrected chi connectivity index (χ3v) is 3.42. The highest BCUT2D eigenvalue weighted by Gasteiger charge is 2.07. The van der Waals surface area contributed by atoms with E-state index in [2.05, 4.69) is 10.6 Å². The van der Waals surface area contributed by atoms with Crippen molar-refractivity contribution in [3.8, 4) is 5.75 Å². The van der Waals surface area contributed by atoms with Crippen LogP contribution in [0.3, 0.4) is 0 Å². The highest BCUT2D eigenvalue weighted by Crippen LogP contribution is 2.17. The first kappa shape index (κ1) is 17.2. The van der Waals surface area contributed by atoms with Crippen molar-refractivity contribution in [3.63, 3.8) is 0 Å². The summed E-state index contributed by atoms with van der Waals surface area (Å²) in [5, 5.41) is 6.82. The molecule has 2 aromatic carbocycles. The van der Waals surface area contributed by atoms with E-state index < -0.39 is 0 Å². The second kappa shape index (κ2) is 7.92. The summed E-state index contributed by atoms with van der Waals surface area (Å²) in [6.45, 7) is 5.95. The SMILES string of the molecule is CC(C)Oc1ccc(NC(=S)N[C@@H](C)c2ccc(F)cc2)cc1. The van der Waals surface area contributed by atoms with Crippen LogP contribution in [-0.2, 0) is 0 Å². The number of halogens is 1. The number of nitrogens with one attached hydrogen (secondary N) is 2. The Bertz CT molecular complexity index is 641. The average Bonchev–Trinajstić information content (AvgIpc) is 2.49. The van der Waals surface area contributed by atoms with E-state index in [0.29, 0.717) is 5.11 Å². The minimum atomic E-state index is -0.245. The van der Waals surface area contributed by atoms with Gasteiger partial charge in [-0.05, 0) is 75.0 Å². The summed E-state index contributed by atoms with van der Waals surface area (Å²) >= 11 is 5.31. The maximum Gasteiger partial charge on any atom is 0.171 e. The zero-order chi connectivity index (χ0) is 16.8. The zero-order valence-corrected chi connectivity index (χ0v) is 14.3. The number of rotatable bonds is 5. The largest absolute Gasteiger partial charge is 0.491 e. The summed E-state index contributed by atoms with van der Waals surface area (Å²) in [6, 6.07) is 14.0. The van der Waals surface area contributed by atoms with Gasteiger partial charge in [0, 0.05) is 5.69 Å². The smallest absolute Gasteiger partial charge is 0.171 e. The van der Waals surface area contributed by atoms with Crippen molar-refractivity contribution in [2.24, 2.45) is 0 Å². The number of ether oxygens (including phenoxy) is 1. The van der Waals surface area contributed by atoms with E-state index in [1.807, 2.05) is 45.0 Å². The summed E-state index contributed by atoms with van der Waals surface area (Å²) in [5.41, 5.74) is 1.85. The molecule has 0 heterocycles. The van der Waals surface area contributed by atoms with E-state index >= 15 is 0 Å². The maximum atomic E-state index is 12.9. The van der Waals surface area contributed by atoms with E-state index in [-0.39, 0.29) is 18.0 Å². The molecule has 23 heavy (non-hydrogen) atoms. The lowest BCUT2D eigenvalue weighted by atomic mass is 10.1. The molecule has 0 aliphatic heterocycles. The van der Waals surface area contributed by atoms with Crippen molar-refractivity contribution in [1.82, 2.24) is 5.32 Å². The topological polar surface area (TPSA) is 33.3 Å². The fourth-order valence-electron chi connectivity index (χ4n) is 2.09. The molecule has 0 amide bonds. The van der Waals surface area contributed by atoms with Gasteiger partial charge in [0.15, 0.2) is 5.11 Å². The van der Waals surface area contributed by atoms with Crippen LogP contribution in [0.5, 0.6) is 5.75 Å². The third-order valence-electron chi connectivity index (χ3n) is 3.20. The molecule has 0 radical (unpaired) electrons. The Labute approximate surface area is 141 Å². The van der Waals surface area contributed by atoms with Crippen molar-refractivity contribution >= 4 is 23.0 Å².